The summed E-state index contributed by atoms with van der Waals surface area (Å²) in [5, 5.41) is 11.4. The summed E-state index contributed by atoms with van der Waals surface area (Å²) in [6, 6.07) is 4.40. The summed E-state index contributed by atoms with van der Waals surface area (Å²) in [5.41, 5.74) is 0.484. The van der Waals surface area contributed by atoms with Crippen molar-refractivity contribution in [1.29, 1.82) is 0 Å². The highest BCUT2D eigenvalue weighted by atomic mass is 19.1. The van der Waals surface area contributed by atoms with Crippen molar-refractivity contribution in [3.63, 3.8) is 0 Å². The fourth-order valence-electron chi connectivity index (χ4n) is 1.71. The lowest BCUT2D eigenvalue weighted by molar-refractivity contribution is 0.0916. The van der Waals surface area contributed by atoms with E-state index < -0.39 is 5.82 Å². The number of benzene rings is 1. The van der Waals surface area contributed by atoms with Gasteiger partial charge in [-0.25, -0.2) is 4.39 Å². The topological polar surface area (TPSA) is 49.3 Å². The molecule has 18 heavy (non-hydrogen) atoms. The molecule has 2 N–H and O–H groups in total. The Kier molecular flexibility index (Phi) is 3.96. The summed E-state index contributed by atoms with van der Waals surface area (Å²) >= 11 is 0. The van der Waals surface area contributed by atoms with Crippen molar-refractivity contribution in [3.05, 3.63) is 35.1 Å². The van der Waals surface area contributed by atoms with Crippen molar-refractivity contribution in [2.75, 3.05) is 6.61 Å². The minimum atomic E-state index is -0.544. The first-order chi connectivity index (χ1) is 8.70. The molecule has 0 aliphatic heterocycles. The van der Waals surface area contributed by atoms with Crippen LogP contribution in [-0.4, -0.2) is 23.7 Å². The second-order valence-electron chi connectivity index (χ2n) is 4.26. The first-order valence-corrected chi connectivity index (χ1v) is 5.91. The van der Waals surface area contributed by atoms with E-state index in [1.807, 2.05) is 0 Å². The molecule has 1 aromatic carbocycles. The van der Waals surface area contributed by atoms with Gasteiger partial charge in [0.1, 0.15) is 12.4 Å². The van der Waals surface area contributed by atoms with Gasteiger partial charge in [-0.1, -0.05) is 11.8 Å². The standard InChI is InChI=1S/C14H14FNO2/c15-13-9-11(7-6-10(13)3-2-8-17)14(18)16-12-4-1-5-12/h6-7,9,12,17H,1,4-5,8H2,(H,16,18). The molecule has 0 heterocycles. The van der Waals surface area contributed by atoms with E-state index in [2.05, 4.69) is 17.2 Å². The van der Waals surface area contributed by atoms with Gasteiger partial charge in [-0.05, 0) is 37.5 Å². The van der Waals surface area contributed by atoms with Gasteiger partial charge in [0.25, 0.3) is 5.91 Å². The van der Waals surface area contributed by atoms with Gasteiger partial charge in [-0.15, -0.1) is 0 Å². The van der Waals surface area contributed by atoms with Gasteiger partial charge < -0.3 is 10.4 Å². The van der Waals surface area contributed by atoms with E-state index in [0.717, 1.165) is 19.3 Å². The van der Waals surface area contributed by atoms with E-state index in [9.17, 15) is 9.18 Å². The molecule has 2 rings (SSSR count). The molecule has 3 nitrogen and oxygen atoms in total. The maximum atomic E-state index is 13.6. The second kappa shape index (κ2) is 5.65. The molecule has 4 heteroatoms. The molecule has 1 aliphatic rings. The average molecular weight is 247 g/mol. The van der Waals surface area contributed by atoms with Gasteiger partial charge >= 0.3 is 0 Å². The summed E-state index contributed by atoms with van der Waals surface area (Å²) in [6.45, 7) is -0.316. The Balaban J connectivity index is 2.09. The molecule has 94 valence electrons. The van der Waals surface area contributed by atoms with Crippen LogP contribution in [0.2, 0.25) is 0 Å². The van der Waals surface area contributed by atoms with Gasteiger partial charge in [0.15, 0.2) is 0 Å². The van der Waals surface area contributed by atoms with Gasteiger partial charge in [-0.3, -0.25) is 4.79 Å². The molecule has 0 aromatic heterocycles. The van der Waals surface area contributed by atoms with Crippen LogP contribution in [0.5, 0.6) is 0 Å². The highest BCUT2D eigenvalue weighted by Gasteiger charge is 2.20. The molecule has 1 aromatic rings. The van der Waals surface area contributed by atoms with Crippen molar-refractivity contribution in [2.45, 2.75) is 25.3 Å². The zero-order valence-electron chi connectivity index (χ0n) is 9.87. The predicted octanol–water partition coefficient (Wildman–Crippen LogP) is 1.45. The van der Waals surface area contributed by atoms with Crippen LogP contribution in [0.4, 0.5) is 4.39 Å². The third-order valence-corrected chi connectivity index (χ3v) is 2.97. The summed E-state index contributed by atoms with van der Waals surface area (Å²) in [7, 11) is 0. The van der Waals surface area contributed by atoms with Gasteiger partial charge in [0, 0.05) is 11.6 Å². The molecule has 0 atom stereocenters. The summed E-state index contributed by atoms with van der Waals surface area (Å²) in [5.74, 6) is 4.06. The van der Waals surface area contributed by atoms with Crippen LogP contribution < -0.4 is 5.32 Å². The number of aliphatic hydroxyl groups excluding tert-OH is 1. The lowest BCUT2D eigenvalue weighted by Gasteiger charge is -2.26. The highest BCUT2D eigenvalue weighted by Crippen LogP contribution is 2.19. The third-order valence-electron chi connectivity index (χ3n) is 2.97. The fourth-order valence-corrected chi connectivity index (χ4v) is 1.71. The molecule has 0 radical (unpaired) electrons. The molecule has 0 bridgehead atoms. The van der Waals surface area contributed by atoms with Crippen molar-refractivity contribution in [2.24, 2.45) is 0 Å². The zero-order chi connectivity index (χ0) is 13.0. The van der Waals surface area contributed by atoms with E-state index in [4.69, 9.17) is 5.11 Å². The number of hydrogen-bond donors (Lipinski definition) is 2. The predicted molar refractivity (Wildman–Crippen MR) is 65.5 cm³/mol. The SMILES string of the molecule is O=C(NC1CCC1)c1ccc(C#CCO)c(F)c1. The summed E-state index contributed by atoms with van der Waals surface area (Å²) < 4.78 is 13.6. The lowest BCUT2D eigenvalue weighted by Crippen LogP contribution is -2.39. The van der Waals surface area contributed by atoms with Crippen LogP contribution in [-0.2, 0) is 0 Å². The largest absolute Gasteiger partial charge is 0.384 e. The molecule has 1 fully saturated rings. The van der Waals surface area contributed by atoms with E-state index >= 15 is 0 Å². The second-order valence-corrected chi connectivity index (χ2v) is 4.26. The summed E-state index contributed by atoms with van der Waals surface area (Å²) in [6.07, 6.45) is 3.12. The Labute approximate surface area is 105 Å². The zero-order valence-corrected chi connectivity index (χ0v) is 9.87. The summed E-state index contributed by atoms with van der Waals surface area (Å²) in [4.78, 5) is 11.8. The quantitative estimate of drug-likeness (QED) is 0.777. The Morgan fingerprint density at radius 1 is 1.50 bits per heavy atom. The number of hydrogen-bond acceptors (Lipinski definition) is 2. The van der Waals surface area contributed by atoms with Crippen molar-refractivity contribution >= 4 is 5.91 Å². The Morgan fingerprint density at radius 2 is 2.28 bits per heavy atom. The van der Waals surface area contributed by atoms with Crippen LogP contribution in [0.3, 0.4) is 0 Å². The number of aliphatic hydroxyl groups is 1. The van der Waals surface area contributed by atoms with Gasteiger partial charge in [0.2, 0.25) is 0 Å². The van der Waals surface area contributed by atoms with E-state index in [1.54, 1.807) is 6.07 Å². The number of carbonyl (C=O) groups is 1. The van der Waals surface area contributed by atoms with Gasteiger partial charge in [0.05, 0.1) is 5.56 Å². The number of halogens is 1. The lowest BCUT2D eigenvalue weighted by atomic mass is 9.93. The average Bonchev–Trinajstić information content (AvgIpc) is 2.32. The van der Waals surface area contributed by atoms with Crippen LogP contribution in [0.15, 0.2) is 18.2 Å². The molecular weight excluding hydrogens is 233 g/mol. The van der Waals surface area contributed by atoms with Crippen LogP contribution in [0, 0.1) is 17.7 Å². The highest BCUT2D eigenvalue weighted by molar-refractivity contribution is 5.94. The molecule has 0 unspecified atom stereocenters. The van der Waals surface area contributed by atoms with E-state index in [1.165, 1.54) is 12.1 Å². The number of amides is 1. The molecule has 0 saturated heterocycles. The fraction of sp³-hybridized carbons (Fsp3) is 0.357. The Bertz CT molecular complexity index is 512. The smallest absolute Gasteiger partial charge is 0.251 e. The van der Waals surface area contributed by atoms with Crippen molar-refractivity contribution in [3.8, 4) is 11.8 Å². The monoisotopic (exact) mass is 247 g/mol. The van der Waals surface area contributed by atoms with Crippen LogP contribution in [0.1, 0.15) is 35.2 Å². The Hall–Kier alpha value is -1.86. The van der Waals surface area contributed by atoms with Crippen LogP contribution in [0.25, 0.3) is 0 Å². The van der Waals surface area contributed by atoms with E-state index in [-0.39, 0.29) is 24.1 Å². The minimum Gasteiger partial charge on any atom is -0.384 e. The van der Waals surface area contributed by atoms with Crippen molar-refractivity contribution < 1.29 is 14.3 Å². The Morgan fingerprint density at radius 3 is 2.83 bits per heavy atom. The van der Waals surface area contributed by atoms with Crippen molar-refractivity contribution in [1.82, 2.24) is 5.32 Å². The maximum Gasteiger partial charge on any atom is 0.251 e. The minimum absolute atomic E-state index is 0.184. The number of carbonyl (C=O) groups excluding carboxylic acids is 1. The first-order valence-electron chi connectivity index (χ1n) is 5.91. The first kappa shape index (κ1) is 12.6. The molecule has 1 aliphatic carbocycles. The van der Waals surface area contributed by atoms with E-state index in [0.29, 0.717) is 5.56 Å². The van der Waals surface area contributed by atoms with Gasteiger partial charge in [-0.2, -0.15) is 0 Å². The molecule has 1 amide bonds. The normalized spacial score (nSPS) is 14.3. The molecule has 1 saturated carbocycles. The van der Waals surface area contributed by atoms with Crippen LogP contribution >= 0.6 is 0 Å². The molecular formula is C14H14FNO2. The third kappa shape index (κ3) is 2.88. The maximum absolute atomic E-state index is 13.6. The number of rotatable bonds is 2. The molecule has 0 spiro atoms. The number of nitrogens with one attached hydrogen (secondary N) is 1.